The Morgan fingerprint density at radius 2 is 0.731 bits per heavy atom. The van der Waals surface area contributed by atoms with Gasteiger partial charge in [0.05, 0.1) is 5.39 Å². The summed E-state index contributed by atoms with van der Waals surface area (Å²) in [5, 5.41) is -1.90. The largest absolute Gasteiger partial charge is 1.00 e. The Kier molecular flexibility index (Phi) is 36.8. The van der Waals surface area contributed by atoms with Crippen molar-refractivity contribution in [3.63, 3.8) is 0 Å². The van der Waals surface area contributed by atoms with Gasteiger partial charge in [-0.05, 0) is 85.1 Å². The zero-order valence-electron chi connectivity index (χ0n) is 48.4. The van der Waals surface area contributed by atoms with Crippen LogP contribution in [-0.4, -0.2) is 104 Å². The molecule has 0 unspecified atom stereocenters. The Morgan fingerprint density at radius 3 is 1.14 bits per heavy atom. The molecule has 93 heavy (non-hydrogen) atoms. The van der Waals surface area contributed by atoms with E-state index < -0.39 is 203 Å². The monoisotopic (exact) mass is 1540 g/mol. The van der Waals surface area contributed by atoms with Crippen LogP contribution in [0.3, 0.4) is 0 Å². The molecule has 460 valence electrons. The molecule has 38 nitrogen and oxygen atoms in total. The summed E-state index contributed by atoms with van der Waals surface area (Å²) in [6.07, 6.45) is 0. The molecule has 2 aromatic heterocycles. The van der Waals surface area contributed by atoms with Gasteiger partial charge in [-0.2, -0.15) is 0 Å². The van der Waals surface area contributed by atoms with E-state index in [2.05, 4.69) is 33.5 Å². The first-order chi connectivity index (χ1) is 38.7. The van der Waals surface area contributed by atoms with Crippen LogP contribution in [0.2, 0.25) is 0 Å². The molecule has 0 amide bonds. The number of benzene rings is 5. The summed E-state index contributed by atoms with van der Waals surface area (Å²) in [6, 6.07) is 6.77. The fourth-order valence-electron chi connectivity index (χ4n) is 7.09. The average molecular weight is 1540 g/mol. The van der Waals surface area contributed by atoms with Crippen molar-refractivity contribution in [1.82, 2.24) is 0 Å². The molecule has 54 heteroatoms. The number of hydrogen-bond donors (Lipinski definition) is 0. The molecule has 0 atom stereocenters. The molecule has 0 fully saturated rings. The summed E-state index contributed by atoms with van der Waals surface area (Å²) in [4.78, 5) is 28.2. The van der Waals surface area contributed by atoms with Crippen molar-refractivity contribution in [3.05, 3.63) is 110 Å². The second-order valence-electron chi connectivity index (χ2n) is 16.0. The second-order valence-corrected chi connectivity index (χ2v) is 23.8. The maximum atomic E-state index is 14.2. The maximum absolute atomic E-state index is 14.2. The van der Waals surface area contributed by atoms with Gasteiger partial charge in [0, 0.05) is 29.3 Å². The third kappa shape index (κ3) is 27.9. The normalized spacial score (nSPS) is 11.7. The molecule has 0 bridgehead atoms. The summed E-state index contributed by atoms with van der Waals surface area (Å²) in [5.74, 6) is -15.6. The van der Waals surface area contributed by atoms with Crippen molar-refractivity contribution in [2.75, 3.05) is 0 Å². The fourth-order valence-corrected chi connectivity index (χ4v) is 9.90. The molecule has 0 radical (unpaired) electrons. The SMILES string of the molecule is Cc1cc(Oc2cc3c(=O)c(OS(=O)(=O)[O-])c(-c4ccc(OS(=O)(=O)[O-])c(OS(=O)(=O)[O-])c4)oc3cc2OS(=O)(=O)[O-])c(C)cc1COc1cc(OS(=O)(=O)[O-])cc2oc(-c3ccc(OS(=O)(=O)[O-])c(OS(=O)(=O)[O-])c3)c(OS(=O)(=O)[O-])c(=O)c12.[Na+].[Na+].[Na+].[Na+].[Na+].[Na+].[Na+].[Na+]. The molecular formula is C39H20Na8O38S8. The van der Waals surface area contributed by atoms with Crippen LogP contribution in [0.5, 0.6) is 63.2 Å². The second kappa shape index (κ2) is 36.1. The minimum atomic E-state index is -6.06. The van der Waals surface area contributed by atoms with E-state index in [-0.39, 0.29) is 271 Å². The standard InChI is InChI=1S/C39H28O38S8.8Na/c1-16-8-25(67-27-13-22-26(14-30(27)75-83(57,58)59)68-36(38(34(22)40)76-84(60,61)62)18-3-5-23(71-79(45,46)47)28(9-18)73-81(51,52)53)17(2)7-20(16)15-66-31-11-21(70-78(42,43)44)12-32-33(31)35(41)39(77-85(63,64)65)37(69-32)19-4-6-24(72-80(48,49)50)29(10-19)74-82(54,55)56;;;;;;;;/h3-14H,15H2,1-2H3,(H,42,43,44)(H,45,46,47)(H,48,49,50)(H,51,52,53)(H,54,55,56)(H,57,58,59)(H,60,61,62)(H,63,64,65);;;;;;;;/q;8*+1/p-8. The molecule has 0 aliphatic carbocycles. The molecule has 0 spiro atoms. The van der Waals surface area contributed by atoms with Crippen molar-refractivity contribution in [2.45, 2.75) is 20.5 Å². The Morgan fingerprint density at radius 1 is 0.355 bits per heavy atom. The van der Waals surface area contributed by atoms with E-state index in [0.717, 1.165) is 6.07 Å². The maximum Gasteiger partial charge on any atom is 1.00 e. The van der Waals surface area contributed by atoms with Crippen LogP contribution in [0.4, 0.5) is 0 Å². The van der Waals surface area contributed by atoms with Gasteiger partial charge in [-0.1, -0.05) is 0 Å². The van der Waals surface area contributed by atoms with Crippen LogP contribution in [0.1, 0.15) is 16.7 Å². The molecule has 0 saturated carbocycles. The van der Waals surface area contributed by atoms with Gasteiger partial charge in [-0.3, -0.25) is 9.59 Å². The summed E-state index contributed by atoms with van der Waals surface area (Å²) < 4.78 is 336. The first-order valence-corrected chi connectivity index (χ1v) is 31.6. The van der Waals surface area contributed by atoms with Gasteiger partial charge in [-0.25, -0.2) is 67.3 Å². The quantitative estimate of drug-likeness (QED) is 0.0326. The molecule has 5 aromatic carbocycles. The summed E-state index contributed by atoms with van der Waals surface area (Å²) >= 11 is 0. The average Bonchev–Trinajstić information content (AvgIpc) is 0.781. The van der Waals surface area contributed by atoms with Crippen molar-refractivity contribution in [1.29, 1.82) is 0 Å². The van der Waals surface area contributed by atoms with E-state index in [1.807, 2.05) is 0 Å². The summed E-state index contributed by atoms with van der Waals surface area (Å²) in [7, 11) is -47.0. The molecule has 7 aromatic rings. The predicted molar refractivity (Wildman–Crippen MR) is 259 cm³/mol. The molecule has 7 rings (SSSR count). The first-order valence-electron chi connectivity index (χ1n) is 20.9. The predicted octanol–water partition coefficient (Wildman–Crippen LogP) is -24.0. The van der Waals surface area contributed by atoms with Gasteiger partial charge < -0.3 is 88.2 Å². The van der Waals surface area contributed by atoms with Crippen molar-refractivity contribution < 1.29 is 392 Å². The van der Waals surface area contributed by atoms with Crippen LogP contribution in [0.15, 0.2) is 91.2 Å². The van der Waals surface area contributed by atoms with Gasteiger partial charge in [0.2, 0.25) is 22.4 Å². The first kappa shape index (κ1) is 94.9. The molecular weight excluding hydrogens is 1520 g/mol. The number of hydrogen-bond acceptors (Lipinski definition) is 38. The van der Waals surface area contributed by atoms with E-state index in [1.165, 1.54) is 19.9 Å². The van der Waals surface area contributed by atoms with E-state index in [4.69, 9.17) is 18.3 Å². The number of rotatable bonds is 23. The Bertz CT molecular complexity index is 5070. The zero-order chi connectivity index (χ0) is 63.5. The van der Waals surface area contributed by atoms with Crippen molar-refractivity contribution in [2.24, 2.45) is 0 Å². The van der Waals surface area contributed by atoms with E-state index >= 15 is 0 Å². The van der Waals surface area contributed by atoms with Crippen LogP contribution in [0.25, 0.3) is 44.6 Å². The number of fused-ring (bicyclic) bond motifs is 2. The van der Waals surface area contributed by atoms with Crippen LogP contribution in [-0.2, 0) is 89.8 Å². The molecule has 2 heterocycles. The van der Waals surface area contributed by atoms with E-state index in [0.29, 0.717) is 48.5 Å². The molecule has 0 N–H and O–H groups in total. The fraction of sp³-hybridized carbons (Fsp3) is 0.0769. The minimum absolute atomic E-state index is 0. The van der Waals surface area contributed by atoms with E-state index in [9.17, 15) is 113 Å². The number of aryl methyl sites for hydroxylation is 2. The third-order valence-corrected chi connectivity index (χ3v) is 13.0. The van der Waals surface area contributed by atoms with Crippen LogP contribution in [0, 0.1) is 13.8 Å². The van der Waals surface area contributed by atoms with Crippen LogP contribution >= 0.6 is 0 Å². The topological polar surface area (TPSA) is 610 Å². The molecule has 0 aliphatic rings. The number of ether oxygens (including phenoxy) is 2. The molecule has 0 aliphatic heterocycles. The van der Waals surface area contributed by atoms with Crippen LogP contribution < -0.4 is 290 Å². The van der Waals surface area contributed by atoms with E-state index in [1.54, 1.807) is 0 Å². The van der Waals surface area contributed by atoms with Gasteiger partial charge >= 0.3 is 236 Å². The zero-order valence-corrected chi connectivity index (χ0v) is 70.9. The summed E-state index contributed by atoms with van der Waals surface area (Å²) in [6.45, 7) is 1.74. The summed E-state index contributed by atoms with van der Waals surface area (Å²) in [5.41, 5.74) is -7.00. The van der Waals surface area contributed by atoms with Gasteiger partial charge in [0.1, 0.15) is 40.4 Å². The minimum Gasteiger partial charge on any atom is -0.716 e. The molecule has 0 saturated heterocycles. The van der Waals surface area contributed by atoms with Gasteiger partial charge in [0.25, 0.3) is 83.2 Å². The van der Waals surface area contributed by atoms with Crippen molar-refractivity contribution in [3.8, 4) is 85.9 Å². The smallest absolute Gasteiger partial charge is 0.716 e. The Labute approximate surface area is 701 Å². The van der Waals surface area contributed by atoms with Crippen molar-refractivity contribution >= 4 is 105 Å². The van der Waals surface area contributed by atoms with Gasteiger partial charge in [-0.15, -0.1) is 0 Å². The van der Waals surface area contributed by atoms with Gasteiger partial charge in [0.15, 0.2) is 46.0 Å². The third-order valence-electron chi connectivity index (χ3n) is 9.98. The Hall–Kier alpha value is -0.200. The Balaban J connectivity index is 0.